The molecule has 1 amide bonds. The van der Waals surface area contributed by atoms with Gasteiger partial charge in [0.15, 0.2) is 5.16 Å². The van der Waals surface area contributed by atoms with Crippen molar-refractivity contribution in [2.24, 2.45) is 11.8 Å². The summed E-state index contributed by atoms with van der Waals surface area (Å²) in [4.78, 5) is 32.1. The third-order valence-corrected chi connectivity index (χ3v) is 6.76. The van der Waals surface area contributed by atoms with Crippen LogP contribution in [0.25, 0.3) is 10.2 Å². The first-order valence-electron chi connectivity index (χ1n) is 9.35. The molecule has 0 saturated heterocycles. The second kappa shape index (κ2) is 8.13. The lowest BCUT2D eigenvalue weighted by atomic mass is 9.89. The van der Waals surface area contributed by atoms with Crippen molar-refractivity contribution < 1.29 is 4.79 Å². The fourth-order valence-corrected chi connectivity index (χ4v) is 5.68. The zero-order chi connectivity index (χ0) is 18.8. The largest absolute Gasteiger partial charge is 0.356 e. The van der Waals surface area contributed by atoms with E-state index >= 15 is 0 Å². The highest BCUT2D eigenvalue weighted by molar-refractivity contribution is 7.99. The van der Waals surface area contributed by atoms with E-state index in [1.807, 2.05) is 6.92 Å². The SMILES string of the molecule is CCNC(=O)CSc1nc2sc3c(c2c(=O)n1CC(C)C)CCC(C)C3. The van der Waals surface area contributed by atoms with Crippen LogP contribution in [0.4, 0.5) is 0 Å². The molecule has 142 valence electrons. The number of hydrogen-bond donors (Lipinski definition) is 1. The van der Waals surface area contributed by atoms with Gasteiger partial charge in [0.2, 0.25) is 5.91 Å². The number of carbonyl (C=O) groups excluding carboxylic acids is 1. The predicted molar refractivity (Wildman–Crippen MR) is 109 cm³/mol. The fourth-order valence-electron chi connectivity index (χ4n) is 3.42. The van der Waals surface area contributed by atoms with Crippen LogP contribution in [0.5, 0.6) is 0 Å². The van der Waals surface area contributed by atoms with E-state index in [0.717, 1.165) is 29.5 Å². The van der Waals surface area contributed by atoms with Crippen molar-refractivity contribution >= 4 is 39.2 Å². The number of carbonyl (C=O) groups is 1. The molecule has 1 N–H and O–H groups in total. The van der Waals surface area contributed by atoms with Crippen LogP contribution in [0.2, 0.25) is 0 Å². The molecule has 0 aromatic carbocycles. The summed E-state index contributed by atoms with van der Waals surface area (Å²) in [5, 5.41) is 4.28. The molecule has 2 aromatic heterocycles. The Morgan fingerprint density at radius 3 is 2.92 bits per heavy atom. The second-order valence-corrected chi connectivity index (χ2v) is 9.50. The summed E-state index contributed by atoms with van der Waals surface area (Å²) in [5.41, 5.74) is 1.28. The molecule has 2 heterocycles. The van der Waals surface area contributed by atoms with Crippen molar-refractivity contribution in [3.05, 3.63) is 20.8 Å². The standard InChI is InChI=1S/C19H27N3O2S2/c1-5-20-15(23)10-25-19-21-17-16(18(24)22(19)9-11(2)3)13-7-6-12(4)8-14(13)26-17/h11-12H,5-10H2,1-4H3,(H,20,23). The first-order chi connectivity index (χ1) is 12.4. The molecule has 7 heteroatoms. The number of nitrogens with zero attached hydrogens (tertiary/aromatic N) is 2. The van der Waals surface area contributed by atoms with E-state index in [1.165, 1.54) is 22.2 Å². The van der Waals surface area contributed by atoms with E-state index in [2.05, 4.69) is 26.1 Å². The number of amides is 1. The number of thiophene rings is 1. The van der Waals surface area contributed by atoms with Gasteiger partial charge in [0, 0.05) is 18.0 Å². The number of hydrogen-bond acceptors (Lipinski definition) is 5. The van der Waals surface area contributed by atoms with E-state index in [1.54, 1.807) is 15.9 Å². The number of nitrogens with one attached hydrogen (secondary N) is 1. The van der Waals surface area contributed by atoms with Crippen LogP contribution in [-0.4, -0.2) is 27.8 Å². The van der Waals surface area contributed by atoms with Crippen molar-refractivity contribution in [2.75, 3.05) is 12.3 Å². The molecule has 1 aliphatic rings. The predicted octanol–water partition coefficient (Wildman–Crippen LogP) is 3.47. The lowest BCUT2D eigenvalue weighted by Crippen LogP contribution is -2.28. The fraction of sp³-hybridized carbons (Fsp3) is 0.632. The quantitative estimate of drug-likeness (QED) is 0.603. The molecule has 1 atom stereocenters. The van der Waals surface area contributed by atoms with Crippen molar-refractivity contribution in [1.82, 2.24) is 14.9 Å². The van der Waals surface area contributed by atoms with Gasteiger partial charge in [-0.2, -0.15) is 0 Å². The molecule has 0 aliphatic heterocycles. The summed E-state index contributed by atoms with van der Waals surface area (Å²) in [6.07, 6.45) is 3.15. The number of thioether (sulfide) groups is 1. The van der Waals surface area contributed by atoms with Crippen LogP contribution in [0.15, 0.2) is 9.95 Å². The van der Waals surface area contributed by atoms with Crippen LogP contribution < -0.4 is 10.9 Å². The van der Waals surface area contributed by atoms with Crippen molar-refractivity contribution in [3.8, 4) is 0 Å². The van der Waals surface area contributed by atoms with Gasteiger partial charge in [0.25, 0.3) is 5.56 Å². The molecule has 0 fully saturated rings. The normalized spacial score (nSPS) is 16.9. The Bertz CT molecular complexity index is 870. The van der Waals surface area contributed by atoms with E-state index < -0.39 is 0 Å². The highest BCUT2D eigenvalue weighted by Crippen LogP contribution is 2.36. The third-order valence-electron chi connectivity index (χ3n) is 4.63. The molecule has 3 rings (SSSR count). The molecule has 1 unspecified atom stereocenters. The van der Waals surface area contributed by atoms with Gasteiger partial charge in [-0.3, -0.25) is 14.2 Å². The summed E-state index contributed by atoms with van der Waals surface area (Å²) >= 11 is 3.02. The van der Waals surface area contributed by atoms with Gasteiger partial charge in [-0.05, 0) is 43.6 Å². The zero-order valence-corrected chi connectivity index (χ0v) is 17.6. The summed E-state index contributed by atoms with van der Waals surface area (Å²) in [6, 6.07) is 0. The van der Waals surface area contributed by atoms with Gasteiger partial charge < -0.3 is 5.32 Å². The molecule has 0 saturated carbocycles. The van der Waals surface area contributed by atoms with Crippen molar-refractivity contribution in [2.45, 2.75) is 58.7 Å². The maximum Gasteiger partial charge on any atom is 0.263 e. The smallest absolute Gasteiger partial charge is 0.263 e. The van der Waals surface area contributed by atoms with Gasteiger partial charge in [0.1, 0.15) is 4.83 Å². The molecular weight excluding hydrogens is 366 g/mol. The number of aryl methyl sites for hydroxylation is 1. The first-order valence-corrected chi connectivity index (χ1v) is 11.2. The zero-order valence-electron chi connectivity index (χ0n) is 15.9. The highest BCUT2D eigenvalue weighted by atomic mass is 32.2. The Morgan fingerprint density at radius 1 is 1.46 bits per heavy atom. The first kappa shape index (κ1) is 19.4. The topological polar surface area (TPSA) is 64.0 Å². The second-order valence-electron chi connectivity index (χ2n) is 7.48. The summed E-state index contributed by atoms with van der Waals surface area (Å²) in [7, 11) is 0. The maximum atomic E-state index is 13.3. The van der Waals surface area contributed by atoms with Crippen LogP contribution in [0.1, 0.15) is 44.6 Å². The van der Waals surface area contributed by atoms with E-state index in [9.17, 15) is 9.59 Å². The van der Waals surface area contributed by atoms with Gasteiger partial charge in [0.05, 0.1) is 11.1 Å². The minimum atomic E-state index is -0.0257. The van der Waals surface area contributed by atoms with Crippen LogP contribution >= 0.6 is 23.1 Å². The Hall–Kier alpha value is -1.34. The molecule has 1 aliphatic carbocycles. The number of rotatable bonds is 6. The number of fused-ring (bicyclic) bond motifs is 3. The average molecular weight is 394 g/mol. The van der Waals surface area contributed by atoms with Crippen LogP contribution in [0, 0.1) is 11.8 Å². The van der Waals surface area contributed by atoms with E-state index in [4.69, 9.17) is 4.98 Å². The van der Waals surface area contributed by atoms with E-state index in [0.29, 0.717) is 30.1 Å². The molecule has 26 heavy (non-hydrogen) atoms. The van der Waals surface area contributed by atoms with Gasteiger partial charge in [-0.15, -0.1) is 11.3 Å². The molecule has 0 radical (unpaired) electrons. The van der Waals surface area contributed by atoms with Gasteiger partial charge in [-0.25, -0.2) is 4.98 Å². The average Bonchev–Trinajstić information content (AvgIpc) is 2.93. The maximum absolute atomic E-state index is 13.3. The monoisotopic (exact) mass is 393 g/mol. The number of aromatic nitrogens is 2. The molecule has 2 aromatic rings. The van der Waals surface area contributed by atoms with Crippen molar-refractivity contribution in [1.29, 1.82) is 0 Å². The van der Waals surface area contributed by atoms with E-state index in [-0.39, 0.29) is 17.2 Å². The molecule has 0 spiro atoms. The lowest BCUT2D eigenvalue weighted by molar-refractivity contribution is -0.118. The van der Waals surface area contributed by atoms with Gasteiger partial charge >= 0.3 is 0 Å². The minimum absolute atomic E-state index is 0.0257. The Labute approximate surface area is 162 Å². The summed E-state index contributed by atoms with van der Waals surface area (Å²) in [6.45, 7) is 9.60. The summed E-state index contributed by atoms with van der Waals surface area (Å²) < 4.78 is 1.78. The van der Waals surface area contributed by atoms with Gasteiger partial charge in [-0.1, -0.05) is 32.5 Å². The Kier molecular flexibility index (Phi) is 6.07. The third kappa shape index (κ3) is 3.98. The highest BCUT2D eigenvalue weighted by Gasteiger charge is 2.25. The molecule has 5 nitrogen and oxygen atoms in total. The molecule has 0 bridgehead atoms. The Balaban J connectivity index is 2.05. The van der Waals surface area contributed by atoms with Crippen LogP contribution in [0.3, 0.4) is 0 Å². The minimum Gasteiger partial charge on any atom is -0.356 e. The molecular formula is C19H27N3O2S2. The Morgan fingerprint density at radius 2 is 2.23 bits per heavy atom. The van der Waals surface area contributed by atoms with Crippen LogP contribution in [-0.2, 0) is 24.2 Å². The lowest BCUT2D eigenvalue weighted by Gasteiger charge is -2.18. The van der Waals surface area contributed by atoms with Crippen molar-refractivity contribution in [3.63, 3.8) is 0 Å². The summed E-state index contributed by atoms with van der Waals surface area (Å²) in [5.74, 6) is 1.26.